The molecule has 0 spiro atoms. The summed E-state index contributed by atoms with van der Waals surface area (Å²) in [5.74, 6) is 3.14. The Morgan fingerprint density at radius 2 is 1.25 bits per heavy atom. The normalized spacial score (nSPS) is 21.4. The Kier molecular flexibility index (Phi) is 16.7. The van der Waals surface area contributed by atoms with Crippen molar-refractivity contribution < 1.29 is 34.0 Å². The minimum absolute atomic E-state index is 0.0932. The molecule has 0 atom stereocenters. The predicted molar refractivity (Wildman–Crippen MR) is 192 cm³/mol. The zero-order valence-corrected chi connectivity index (χ0v) is 30.5. The summed E-state index contributed by atoms with van der Waals surface area (Å²) in [5.41, 5.74) is 3.70. The van der Waals surface area contributed by atoms with E-state index in [0.717, 1.165) is 41.1 Å². The molecule has 2 aliphatic carbocycles. The summed E-state index contributed by atoms with van der Waals surface area (Å²) in [6.07, 6.45) is 15.2. The van der Waals surface area contributed by atoms with Crippen molar-refractivity contribution in [3.63, 3.8) is 0 Å². The summed E-state index contributed by atoms with van der Waals surface area (Å²) in [6.45, 7) is 15.9. The first kappa shape index (κ1) is 39.8. The molecule has 48 heavy (non-hydrogen) atoms. The van der Waals surface area contributed by atoms with Crippen molar-refractivity contribution in [2.45, 2.75) is 130 Å². The van der Waals surface area contributed by atoms with Crippen LogP contribution in [-0.2, 0) is 31.9 Å². The molecule has 0 heterocycles. The van der Waals surface area contributed by atoms with Crippen molar-refractivity contribution in [3.8, 4) is 5.75 Å². The van der Waals surface area contributed by atoms with E-state index in [2.05, 4.69) is 39.1 Å². The maximum Gasteiger partial charge on any atom is 0.333 e. The number of carbonyl (C=O) groups is 2. The third-order valence-electron chi connectivity index (χ3n) is 10.9. The second-order valence-corrected chi connectivity index (χ2v) is 15.0. The molecule has 0 aliphatic heterocycles. The van der Waals surface area contributed by atoms with Crippen molar-refractivity contribution in [3.05, 3.63) is 53.1 Å². The van der Waals surface area contributed by atoms with E-state index in [0.29, 0.717) is 75.4 Å². The molecule has 2 N–H and O–H groups in total. The summed E-state index contributed by atoms with van der Waals surface area (Å²) in [4.78, 5) is 24.1. The smallest absolute Gasteiger partial charge is 0.333 e. The molecule has 0 radical (unpaired) electrons. The Morgan fingerprint density at radius 1 is 0.771 bits per heavy atom. The molecule has 0 saturated heterocycles. The lowest BCUT2D eigenvalue weighted by molar-refractivity contribution is -0.139. The number of aliphatic hydroxyl groups excluding tert-OH is 2. The summed E-state index contributed by atoms with van der Waals surface area (Å²) in [7, 11) is 0. The van der Waals surface area contributed by atoms with Crippen LogP contribution in [0.3, 0.4) is 0 Å². The van der Waals surface area contributed by atoms with Crippen LogP contribution in [0.1, 0.15) is 134 Å². The number of hydrogen-bond donors (Lipinski definition) is 2. The van der Waals surface area contributed by atoms with Crippen LogP contribution in [0.15, 0.2) is 36.4 Å². The highest BCUT2D eigenvalue weighted by Gasteiger charge is 2.32. The number of hydrogen-bond acceptors (Lipinski definition) is 7. The van der Waals surface area contributed by atoms with Gasteiger partial charge >= 0.3 is 11.9 Å². The van der Waals surface area contributed by atoms with Gasteiger partial charge in [0.1, 0.15) is 5.75 Å². The summed E-state index contributed by atoms with van der Waals surface area (Å²) < 4.78 is 17.4. The maximum atomic E-state index is 12.0. The Labute approximate surface area is 290 Å². The number of rotatable bonds is 20. The molecule has 0 amide bonds. The minimum Gasteiger partial charge on any atom is -0.493 e. The average Bonchev–Trinajstić information content (AvgIpc) is 3.08. The van der Waals surface area contributed by atoms with Gasteiger partial charge in [-0.15, -0.1) is 0 Å². The monoisotopic (exact) mass is 668 g/mol. The van der Waals surface area contributed by atoms with Crippen LogP contribution in [-0.4, -0.2) is 55.2 Å². The number of aliphatic hydroxyl groups is 2. The molecular formula is C41H64O7. The highest BCUT2D eigenvalue weighted by Crippen LogP contribution is 2.45. The van der Waals surface area contributed by atoms with Crippen LogP contribution >= 0.6 is 0 Å². The Balaban J connectivity index is 1.85. The van der Waals surface area contributed by atoms with Gasteiger partial charge in [0.25, 0.3) is 0 Å². The van der Waals surface area contributed by atoms with E-state index in [-0.39, 0.29) is 25.2 Å². The Morgan fingerprint density at radius 3 is 1.69 bits per heavy atom. The fraction of sp³-hybridized carbons (Fsp3) is 0.707. The van der Waals surface area contributed by atoms with Crippen molar-refractivity contribution in [2.24, 2.45) is 23.2 Å². The first-order chi connectivity index (χ1) is 23.0. The van der Waals surface area contributed by atoms with Crippen molar-refractivity contribution in [1.29, 1.82) is 0 Å². The predicted octanol–water partition coefficient (Wildman–Crippen LogP) is 8.43. The van der Waals surface area contributed by atoms with Gasteiger partial charge in [0.05, 0.1) is 33.0 Å². The van der Waals surface area contributed by atoms with Crippen LogP contribution in [0.4, 0.5) is 0 Å². The van der Waals surface area contributed by atoms with E-state index < -0.39 is 5.41 Å². The van der Waals surface area contributed by atoms with Crippen molar-refractivity contribution in [1.82, 2.24) is 0 Å². The van der Waals surface area contributed by atoms with Gasteiger partial charge in [-0.1, -0.05) is 58.4 Å². The zero-order chi connectivity index (χ0) is 35.1. The molecule has 2 saturated carbocycles. The third-order valence-corrected chi connectivity index (χ3v) is 10.9. The minimum atomic E-state index is -0.586. The quantitative estimate of drug-likeness (QED) is 0.0817. The number of carbonyl (C=O) groups excluding carboxylic acids is 2. The fourth-order valence-electron chi connectivity index (χ4n) is 7.75. The highest BCUT2D eigenvalue weighted by molar-refractivity contribution is 5.87. The molecule has 7 heteroatoms. The molecule has 0 bridgehead atoms. The SMILES string of the molecule is C=C(C)C(=O)OCCCc1cc(C2CCC(C3CCC(C)CC3)CC2)cc(CCCOC(=O)C(=C)C)c1OCCC(CO)(CO)CCC. The molecule has 0 unspecified atom stereocenters. The van der Waals surface area contributed by atoms with E-state index in [1.54, 1.807) is 13.8 Å². The van der Waals surface area contributed by atoms with E-state index >= 15 is 0 Å². The van der Waals surface area contributed by atoms with Gasteiger partial charge in [0, 0.05) is 16.6 Å². The molecule has 7 nitrogen and oxygen atoms in total. The van der Waals surface area contributed by atoms with Crippen molar-refractivity contribution in [2.75, 3.05) is 33.0 Å². The largest absolute Gasteiger partial charge is 0.493 e. The second-order valence-electron chi connectivity index (χ2n) is 15.0. The lowest BCUT2D eigenvalue weighted by Crippen LogP contribution is -2.31. The first-order valence-corrected chi connectivity index (χ1v) is 18.7. The second kappa shape index (κ2) is 20.1. The van der Waals surface area contributed by atoms with Crippen LogP contribution < -0.4 is 4.74 Å². The lowest BCUT2D eigenvalue weighted by atomic mass is 9.68. The van der Waals surface area contributed by atoms with Crippen LogP contribution in [0.5, 0.6) is 5.75 Å². The fourth-order valence-corrected chi connectivity index (χ4v) is 7.75. The summed E-state index contributed by atoms with van der Waals surface area (Å²) in [6, 6.07) is 4.62. The van der Waals surface area contributed by atoms with Gasteiger partial charge < -0.3 is 24.4 Å². The molecule has 270 valence electrons. The Bertz CT molecular complexity index is 1130. The number of aryl methyl sites for hydroxylation is 2. The molecule has 0 aromatic heterocycles. The Hall–Kier alpha value is -2.64. The number of benzene rings is 1. The molecule has 3 rings (SSSR count). The van der Waals surface area contributed by atoms with Gasteiger partial charge in [-0.25, -0.2) is 9.59 Å². The molecular weight excluding hydrogens is 604 g/mol. The van der Waals surface area contributed by atoms with Crippen LogP contribution in [0.2, 0.25) is 0 Å². The van der Waals surface area contributed by atoms with Gasteiger partial charge in [0.15, 0.2) is 0 Å². The zero-order valence-electron chi connectivity index (χ0n) is 30.5. The van der Waals surface area contributed by atoms with E-state index in [1.165, 1.54) is 56.9 Å². The van der Waals surface area contributed by atoms with Crippen molar-refractivity contribution >= 4 is 11.9 Å². The first-order valence-electron chi connectivity index (χ1n) is 18.7. The number of ether oxygens (including phenoxy) is 3. The van der Waals surface area contributed by atoms with E-state index in [1.807, 2.05) is 0 Å². The van der Waals surface area contributed by atoms with Crippen LogP contribution in [0.25, 0.3) is 0 Å². The third kappa shape index (κ3) is 12.0. The molecule has 2 aliphatic rings. The van der Waals surface area contributed by atoms with Gasteiger partial charge in [-0.05, 0) is 131 Å². The van der Waals surface area contributed by atoms with Gasteiger partial charge in [0.2, 0.25) is 0 Å². The van der Waals surface area contributed by atoms with Gasteiger partial charge in [-0.2, -0.15) is 0 Å². The number of esters is 2. The standard InChI is InChI=1S/C41H64O7/c1-7-20-41(27-42,28-43)21-24-46-38-35(10-8-22-47-39(44)29(2)3)25-37(26-36(38)11-9-23-48-40(45)30(4)5)34-18-16-33(17-19-34)32-14-12-31(6)13-15-32/h25-26,31-34,42-43H,2,4,7-24,27-28H2,1,3,5-6H3. The topological polar surface area (TPSA) is 102 Å². The van der Waals surface area contributed by atoms with E-state index in [9.17, 15) is 19.8 Å². The molecule has 1 aromatic rings. The average molecular weight is 669 g/mol. The summed E-state index contributed by atoms with van der Waals surface area (Å²) in [5, 5.41) is 20.3. The maximum absolute atomic E-state index is 12.0. The lowest BCUT2D eigenvalue weighted by Gasteiger charge is -2.37. The summed E-state index contributed by atoms with van der Waals surface area (Å²) >= 11 is 0. The van der Waals surface area contributed by atoms with Crippen LogP contribution in [0, 0.1) is 23.2 Å². The molecule has 2 fully saturated rings. The van der Waals surface area contributed by atoms with Gasteiger partial charge in [-0.3, -0.25) is 0 Å². The van der Waals surface area contributed by atoms with E-state index in [4.69, 9.17) is 14.2 Å². The highest BCUT2D eigenvalue weighted by atomic mass is 16.5. The molecule has 1 aromatic carbocycles.